The molecule has 2 aromatic heterocycles. The van der Waals surface area contributed by atoms with Crippen molar-refractivity contribution >= 4 is 46.3 Å². The molecule has 0 saturated carbocycles. The molecule has 1 saturated heterocycles. The van der Waals surface area contributed by atoms with E-state index in [0.29, 0.717) is 12.6 Å². The smallest absolute Gasteiger partial charge is 0.191 e. The number of hydrogen-bond donors (Lipinski definition) is 2. The van der Waals surface area contributed by atoms with Gasteiger partial charge in [-0.1, -0.05) is 18.2 Å². The summed E-state index contributed by atoms with van der Waals surface area (Å²) in [6.45, 7) is 5.67. The molecule has 1 fully saturated rings. The van der Waals surface area contributed by atoms with Gasteiger partial charge in [0.15, 0.2) is 5.96 Å². The van der Waals surface area contributed by atoms with Crippen LogP contribution in [0.15, 0.2) is 65.1 Å². The molecule has 0 bridgehead atoms. The van der Waals surface area contributed by atoms with Gasteiger partial charge in [0, 0.05) is 31.9 Å². The number of hydrogen-bond acceptors (Lipinski definition) is 4. The number of thiophene rings is 1. The van der Waals surface area contributed by atoms with Crippen LogP contribution in [0.2, 0.25) is 0 Å². The second kappa shape index (κ2) is 11.4. The largest absolute Gasteiger partial charge is 0.363 e. The minimum Gasteiger partial charge on any atom is -0.363 e. The Hall–Kier alpha value is -2.07. The highest BCUT2D eigenvalue weighted by Crippen LogP contribution is 2.24. The van der Waals surface area contributed by atoms with Gasteiger partial charge >= 0.3 is 0 Å². The van der Waals surface area contributed by atoms with E-state index >= 15 is 0 Å². The van der Waals surface area contributed by atoms with E-state index in [1.807, 2.05) is 58.6 Å². The number of halogens is 1. The fourth-order valence-corrected chi connectivity index (χ4v) is 4.32. The number of anilines is 1. The molecule has 1 aliphatic heterocycles. The Morgan fingerprint density at radius 3 is 2.63 bits per heavy atom. The van der Waals surface area contributed by atoms with Crippen molar-refractivity contribution in [1.82, 2.24) is 20.4 Å². The molecule has 2 N–H and O–H groups in total. The molecule has 0 aliphatic carbocycles. The molecule has 160 valence electrons. The quantitative estimate of drug-likeness (QED) is 0.281. The summed E-state index contributed by atoms with van der Waals surface area (Å²) < 4.78 is 1.89. The standard InChI is InChI=1S/C22H28N6S.HI/c1-2-23-22(25-18-10-13-27(14-11-18)21-9-6-16-29-21)24-17-19-12-15-28(26-19)20-7-4-3-5-8-20;/h3-9,12,15-16,18H,2,10-11,13-14,17H2,1H3,(H2,23,24,25);1H. The van der Waals surface area contributed by atoms with Crippen molar-refractivity contribution in [3.05, 3.63) is 65.8 Å². The van der Waals surface area contributed by atoms with Crippen molar-refractivity contribution in [3.63, 3.8) is 0 Å². The lowest BCUT2D eigenvalue weighted by molar-refractivity contribution is 0.463. The lowest BCUT2D eigenvalue weighted by Gasteiger charge is -2.33. The van der Waals surface area contributed by atoms with Crippen LogP contribution in [0.3, 0.4) is 0 Å². The van der Waals surface area contributed by atoms with E-state index in [9.17, 15) is 0 Å². The summed E-state index contributed by atoms with van der Waals surface area (Å²) in [6.07, 6.45) is 4.22. The third-order valence-corrected chi connectivity index (χ3v) is 5.99. The minimum atomic E-state index is 0. The number of para-hydroxylation sites is 1. The van der Waals surface area contributed by atoms with Crippen LogP contribution in [0.4, 0.5) is 5.00 Å². The molecular weight excluding hydrogens is 507 g/mol. The molecule has 0 spiro atoms. The molecule has 3 aromatic rings. The molecular formula is C22H29IN6S. The monoisotopic (exact) mass is 536 g/mol. The first-order valence-electron chi connectivity index (χ1n) is 10.2. The van der Waals surface area contributed by atoms with E-state index in [1.165, 1.54) is 5.00 Å². The number of nitrogens with one attached hydrogen (secondary N) is 2. The Bertz CT molecular complexity index is 901. The van der Waals surface area contributed by atoms with Gasteiger partial charge in [0.05, 0.1) is 22.9 Å². The first kappa shape index (κ1) is 22.6. The summed E-state index contributed by atoms with van der Waals surface area (Å²) in [5.74, 6) is 0.872. The molecule has 0 radical (unpaired) electrons. The molecule has 1 aliphatic rings. The van der Waals surface area contributed by atoms with Crippen molar-refractivity contribution < 1.29 is 0 Å². The number of aromatic nitrogens is 2. The van der Waals surface area contributed by atoms with Crippen LogP contribution in [-0.4, -0.2) is 41.4 Å². The van der Waals surface area contributed by atoms with Crippen LogP contribution in [0.1, 0.15) is 25.5 Å². The van der Waals surface area contributed by atoms with Gasteiger partial charge < -0.3 is 15.5 Å². The normalized spacial score (nSPS) is 15.0. The average molecular weight is 536 g/mol. The number of benzene rings is 1. The van der Waals surface area contributed by atoms with Crippen LogP contribution >= 0.6 is 35.3 Å². The summed E-state index contributed by atoms with van der Waals surface area (Å²) in [6, 6.07) is 17.0. The predicted molar refractivity (Wildman–Crippen MR) is 136 cm³/mol. The van der Waals surface area contributed by atoms with Gasteiger partial charge in [-0.05, 0) is 55.5 Å². The molecule has 1 aromatic carbocycles. The Morgan fingerprint density at radius 1 is 1.13 bits per heavy atom. The van der Waals surface area contributed by atoms with Gasteiger partial charge in [-0.25, -0.2) is 9.67 Å². The number of guanidine groups is 1. The van der Waals surface area contributed by atoms with Crippen molar-refractivity contribution in [2.45, 2.75) is 32.4 Å². The predicted octanol–water partition coefficient (Wildman–Crippen LogP) is 4.28. The van der Waals surface area contributed by atoms with Crippen LogP contribution in [0, 0.1) is 0 Å². The van der Waals surface area contributed by atoms with Gasteiger partial charge in [-0.3, -0.25) is 0 Å². The Balaban J connectivity index is 0.00000256. The highest BCUT2D eigenvalue weighted by molar-refractivity contribution is 14.0. The molecule has 30 heavy (non-hydrogen) atoms. The summed E-state index contributed by atoms with van der Waals surface area (Å²) in [7, 11) is 0. The third kappa shape index (κ3) is 5.98. The molecule has 6 nitrogen and oxygen atoms in total. The van der Waals surface area contributed by atoms with Gasteiger partial charge in [0.25, 0.3) is 0 Å². The number of nitrogens with zero attached hydrogens (tertiary/aromatic N) is 4. The number of piperidine rings is 1. The molecule has 0 unspecified atom stereocenters. The zero-order chi connectivity index (χ0) is 19.9. The Morgan fingerprint density at radius 2 is 1.93 bits per heavy atom. The van der Waals surface area contributed by atoms with E-state index < -0.39 is 0 Å². The van der Waals surface area contributed by atoms with Gasteiger partial charge in [-0.2, -0.15) is 5.10 Å². The van der Waals surface area contributed by atoms with E-state index in [0.717, 1.165) is 49.8 Å². The van der Waals surface area contributed by atoms with Crippen molar-refractivity contribution in [2.24, 2.45) is 4.99 Å². The fraction of sp³-hybridized carbons (Fsp3) is 0.364. The van der Waals surface area contributed by atoms with Crippen LogP contribution in [0.25, 0.3) is 5.69 Å². The number of rotatable bonds is 6. The summed E-state index contributed by atoms with van der Waals surface area (Å²) in [5.41, 5.74) is 2.02. The van der Waals surface area contributed by atoms with E-state index in [-0.39, 0.29) is 24.0 Å². The molecule has 0 amide bonds. The highest BCUT2D eigenvalue weighted by atomic mass is 127. The third-order valence-electron chi connectivity index (χ3n) is 5.06. The zero-order valence-electron chi connectivity index (χ0n) is 17.2. The first-order chi connectivity index (χ1) is 14.3. The number of aliphatic imine (C=N–C) groups is 1. The minimum absolute atomic E-state index is 0. The van der Waals surface area contributed by atoms with E-state index in [2.05, 4.69) is 45.1 Å². The van der Waals surface area contributed by atoms with Crippen LogP contribution < -0.4 is 15.5 Å². The fourth-order valence-electron chi connectivity index (χ4n) is 3.54. The lowest BCUT2D eigenvalue weighted by Crippen LogP contribution is -2.48. The Labute approximate surface area is 199 Å². The summed E-state index contributed by atoms with van der Waals surface area (Å²) in [5, 5.41) is 15.1. The molecule has 3 heterocycles. The first-order valence-corrected chi connectivity index (χ1v) is 11.1. The Kier molecular flexibility index (Phi) is 8.56. The molecule has 8 heteroatoms. The van der Waals surface area contributed by atoms with Gasteiger partial charge in [0.2, 0.25) is 0 Å². The molecule has 0 atom stereocenters. The van der Waals surface area contributed by atoms with Crippen LogP contribution in [0.5, 0.6) is 0 Å². The van der Waals surface area contributed by atoms with Crippen molar-refractivity contribution in [1.29, 1.82) is 0 Å². The second-order valence-electron chi connectivity index (χ2n) is 7.14. The van der Waals surface area contributed by atoms with Crippen molar-refractivity contribution in [3.8, 4) is 5.69 Å². The maximum absolute atomic E-state index is 4.76. The molecule has 4 rings (SSSR count). The maximum Gasteiger partial charge on any atom is 0.191 e. The van der Waals surface area contributed by atoms with Gasteiger partial charge in [0.1, 0.15) is 0 Å². The van der Waals surface area contributed by atoms with E-state index in [4.69, 9.17) is 4.99 Å². The zero-order valence-corrected chi connectivity index (χ0v) is 20.3. The van der Waals surface area contributed by atoms with Crippen LogP contribution in [-0.2, 0) is 6.54 Å². The average Bonchev–Trinajstić information content (AvgIpc) is 3.46. The SMILES string of the molecule is CCNC(=NCc1ccn(-c2ccccc2)n1)NC1CCN(c2cccs2)CC1.I. The second-order valence-corrected chi connectivity index (χ2v) is 8.07. The van der Waals surface area contributed by atoms with E-state index in [1.54, 1.807) is 0 Å². The summed E-state index contributed by atoms with van der Waals surface area (Å²) >= 11 is 1.82. The lowest BCUT2D eigenvalue weighted by atomic mass is 10.1. The topological polar surface area (TPSA) is 57.5 Å². The maximum atomic E-state index is 4.76. The summed E-state index contributed by atoms with van der Waals surface area (Å²) in [4.78, 5) is 7.24. The van der Waals surface area contributed by atoms with Crippen molar-refractivity contribution in [2.75, 3.05) is 24.5 Å². The van der Waals surface area contributed by atoms with Gasteiger partial charge in [-0.15, -0.1) is 35.3 Å². The highest BCUT2D eigenvalue weighted by Gasteiger charge is 2.20.